The van der Waals surface area contributed by atoms with Crippen LogP contribution in [0, 0.1) is 6.92 Å². The summed E-state index contributed by atoms with van der Waals surface area (Å²) in [6.45, 7) is 1.97. The van der Waals surface area contributed by atoms with Crippen LogP contribution in [0.15, 0.2) is 0 Å². The Balaban J connectivity index is 2.49. The molecule has 0 amide bonds. The molecule has 0 aliphatic heterocycles. The number of halogens is 1. The second-order valence-electron chi connectivity index (χ2n) is 3.88. The zero-order valence-corrected chi connectivity index (χ0v) is 8.73. The molecule has 0 aromatic carbocycles. The van der Waals surface area contributed by atoms with Crippen molar-refractivity contribution in [1.82, 2.24) is 9.78 Å². The fraction of sp³-hybridized carbons (Fsp3) is 0.667. The molecule has 1 aromatic heterocycles. The van der Waals surface area contributed by atoms with E-state index in [1.54, 1.807) is 4.68 Å². The van der Waals surface area contributed by atoms with Gasteiger partial charge in [0.05, 0.1) is 5.69 Å². The fourth-order valence-electron chi connectivity index (χ4n) is 2.00. The van der Waals surface area contributed by atoms with Gasteiger partial charge in [0, 0.05) is 18.2 Å². The minimum absolute atomic E-state index is 0.199. The Bertz CT molecular complexity index is 339. The number of nitrogens with zero attached hydrogens (tertiary/aromatic N) is 2. The molecular weight excluding hydrogens is 186 g/mol. The molecule has 1 heterocycles. The highest BCUT2D eigenvalue weighted by molar-refractivity contribution is 6.30. The average Bonchev–Trinajstić information content (AvgIpc) is 2.23. The largest absolute Gasteiger partial charge is 0.321 e. The topological polar surface area (TPSA) is 43.8 Å². The molecule has 0 spiro atoms. The van der Waals surface area contributed by atoms with Crippen molar-refractivity contribution in [2.75, 3.05) is 0 Å². The van der Waals surface area contributed by atoms with E-state index in [4.69, 9.17) is 17.3 Å². The maximum atomic E-state index is 6.20. The standard InChI is InChI=1S/C9H14ClN3/c1-6-7(8(10)13(2)12-6)9(11)4-3-5-9/h3-5,11H2,1-2H3. The van der Waals surface area contributed by atoms with Crippen LogP contribution in [0.4, 0.5) is 0 Å². The van der Waals surface area contributed by atoms with E-state index in [-0.39, 0.29) is 5.54 Å². The predicted octanol–water partition coefficient (Wildman–Crippen LogP) is 1.72. The Hall–Kier alpha value is -0.540. The lowest BCUT2D eigenvalue weighted by Gasteiger charge is -2.38. The van der Waals surface area contributed by atoms with Gasteiger partial charge in [0.25, 0.3) is 0 Å². The van der Waals surface area contributed by atoms with Gasteiger partial charge in [0.15, 0.2) is 0 Å². The molecule has 0 saturated heterocycles. The fourth-order valence-corrected chi connectivity index (χ4v) is 2.37. The number of rotatable bonds is 1. The third-order valence-electron chi connectivity index (χ3n) is 2.90. The summed E-state index contributed by atoms with van der Waals surface area (Å²) >= 11 is 6.13. The van der Waals surface area contributed by atoms with Gasteiger partial charge in [0.1, 0.15) is 5.15 Å². The Morgan fingerprint density at radius 2 is 2.15 bits per heavy atom. The van der Waals surface area contributed by atoms with Crippen LogP contribution in [0.2, 0.25) is 5.15 Å². The molecule has 0 unspecified atom stereocenters. The van der Waals surface area contributed by atoms with Crippen molar-refractivity contribution in [1.29, 1.82) is 0 Å². The van der Waals surface area contributed by atoms with Crippen molar-refractivity contribution in [3.63, 3.8) is 0 Å². The summed E-state index contributed by atoms with van der Waals surface area (Å²) in [4.78, 5) is 0. The second-order valence-corrected chi connectivity index (χ2v) is 4.24. The van der Waals surface area contributed by atoms with Gasteiger partial charge in [-0.2, -0.15) is 5.10 Å². The van der Waals surface area contributed by atoms with Crippen LogP contribution in [-0.2, 0) is 12.6 Å². The first-order valence-corrected chi connectivity index (χ1v) is 4.91. The van der Waals surface area contributed by atoms with E-state index < -0.39 is 0 Å². The van der Waals surface area contributed by atoms with Crippen molar-refractivity contribution in [2.24, 2.45) is 12.8 Å². The quantitative estimate of drug-likeness (QED) is 0.749. The Labute approximate surface area is 82.9 Å². The van der Waals surface area contributed by atoms with Gasteiger partial charge in [0.2, 0.25) is 0 Å². The molecule has 1 aliphatic carbocycles. The van der Waals surface area contributed by atoms with Gasteiger partial charge in [-0.1, -0.05) is 11.6 Å². The van der Waals surface area contributed by atoms with Gasteiger partial charge >= 0.3 is 0 Å². The van der Waals surface area contributed by atoms with E-state index in [1.807, 2.05) is 14.0 Å². The smallest absolute Gasteiger partial charge is 0.132 e. The third kappa shape index (κ3) is 1.18. The Kier molecular flexibility index (Phi) is 1.89. The van der Waals surface area contributed by atoms with Gasteiger partial charge in [-0.3, -0.25) is 4.68 Å². The molecule has 4 heteroatoms. The maximum absolute atomic E-state index is 6.20. The Morgan fingerprint density at radius 1 is 1.54 bits per heavy atom. The first-order chi connectivity index (χ1) is 6.04. The van der Waals surface area contributed by atoms with E-state index in [2.05, 4.69) is 5.10 Å². The summed E-state index contributed by atoms with van der Waals surface area (Å²) in [5.41, 5.74) is 8.01. The molecule has 13 heavy (non-hydrogen) atoms. The summed E-state index contributed by atoms with van der Waals surface area (Å²) in [5.74, 6) is 0. The lowest BCUT2D eigenvalue weighted by Crippen LogP contribution is -2.43. The van der Waals surface area contributed by atoms with Crippen molar-refractivity contribution >= 4 is 11.6 Å². The summed E-state index contributed by atoms with van der Waals surface area (Å²) < 4.78 is 1.69. The first kappa shape index (κ1) is 9.03. The van der Waals surface area contributed by atoms with Gasteiger partial charge < -0.3 is 5.73 Å². The van der Waals surface area contributed by atoms with Crippen LogP contribution in [0.25, 0.3) is 0 Å². The third-order valence-corrected chi connectivity index (χ3v) is 3.33. The highest BCUT2D eigenvalue weighted by Crippen LogP contribution is 2.42. The average molecular weight is 200 g/mol. The molecule has 0 atom stereocenters. The predicted molar refractivity (Wildman–Crippen MR) is 52.7 cm³/mol. The number of hydrogen-bond acceptors (Lipinski definition) is 2. The molecule has 2 N–H and O–H groups in total. The highest BCUT2D eigenvalue weighted by Gasteiger charge is 2.39. The van der Waals surface area contributed by atoms with Crippen LogP contribution in [0.3, 0.4) is 0 Å². The Morgan fingerprint density at radius 3 is 2.46 bits per heavy atom. The number of aryl methyl sites for hydroxylation is 2. The van der Waals surface area contributed by atoms with Crippen molar-refractivity contribution in [3.05, 3.63) is 16.4 Å². The zero-order chi connectivity index (χ0) is 9.64. The van der Waals surface area contributed by atoms with Crippen LogP contribution in [0.1, 0.15) is 30.5 Å². The van der Waals surface area contributed by atoms with E-state index in [1.165, 1.54) is 6.42 Å². The molecule has 0 bridgehead atoms. The normalized spacial score (nSPS) is 20.0. The molecule has 72 valence electrons. The lowest BCUT2D eigenvalue weighted by atomic mass is 9.73. The first-order valence-electron chi connectivity index (χ1n) is 4.53. The van der Waals surface area contributed by atoms with Crippen molar-refractivity contribution in [3.8, 4) is 0 Å². The van der Waals surface area contributed by atoms with E-state index in [0.29, 0.717) is 5.15 Å². The lowest BCUT2D eigenvalue weighted by molar-refractivity contribution is 0.252. The zero-order valence-electron chi connectivity index (χ0n) is 7.97. The van der Waals surface area contributed by atoms with Crippen molar-refractivity contribution in [2.45, 2.75) is 31.7 Å². The molecule has 2 rings (SSSR count). The highest BCUT2D eigenvalue weighted by atomic mass is 35.5. The van der Waals surface area contributed by atoms with E-state index in [9.17, 15) is 0 Å². The minimum Gasteiger partial charge on any atom is -0.321 e. The van der Waals surface area contributed by atoms with Crippen LogP contribution < -0.4 is 5.73 Å². The summed E-state index contributed by atoms with van der Waals surface area (Å²) in [6.07, 6.45) is 3.25. The summed E-state index contributed by atoms with van der Waals surface area (Å²) in [5, 5.41) is 4.96. The summed E-state index contributed by atoms with van der Waals surface area (Å²) in [6, 6.07) is 0. The van der Waals surface area contributed by atoms with Gasteiger partial charge in [-0.25, -0.2) is 0 Å². The van der Waals surface area contributed by atoms with Crippen LogP contribution >= 0.6 is 11.6 Å². The van der Waals surface area contributed by atoms with Crippen molar-refractivity contribution < 1.29 is 0 Å². The molecule has 0 radical (unpaired) electrons. The number of hydrogen-bond donors (Lipinski definition) is 1. The van der Waals surface area contributed by atoms with Crippen LogP contribution in [0.5, 0.6) is 0 Å². The minimum atomic E-state index is -0.199. The molecule has 3 nitrogen and oxygen atoms in total. The molecular formula is C9H14ClN3. The number of nitrogens with two attached hydrogens (primary N) is 1. The molecule has 1 saturated carbocycles. The molecule has 1 aromatic rings. The van der Waals surface area contributed by atoms with Gasteiger partial charge in [-0.05, 0) is 26.2 Å². The van der Waals surface area contributed by atoms with E-state index in [0.717, 1.165) is 24.1 Å². The second kappa shape index (κ2) is 2.72. The van der Waals surface area contributed by atoms with Gasteiger partial charge in [-0.15, -0.1) is 0 Å². The monoisotopic (exact) mass is 199 g/mol. The molecule has 1 fully saturated rings. The summed E-state index contributed by atoms with van der Waals surface area (Å²) in [7, 11) is 1.85. The maximum Gasteiger partial charge on any atom is 0.132 e. The van der Waals surface area contributed by atoms with Crippen LogP contribution in [-0.4, -0.2) is 9.78 Å². The van der Waals surface area contributed by atoms with E-state index >= 15 is 0 Å². The number of aromatic nitrogens is 2. The molecule has 1 aliphatic rings. The SMILES string of the molecule is Cc1nn(C)c(Cl)c1C1(N)CCC1.